The summed E-state index contributed by atoms with van der Waals surface area (Å²) < 4.78 is 12.1. The van der Waals surface area contributed by atoms with E-state index < -0.39 is 5.95 Å². The van der Waals surface area contributed by atoms with E-state index >= 15 is 0 Å². The molecule has 0 saturated heterocycles. The first-order valence-corrected chi connectivity index (χ1v) is 2.93. The number of nitrogens with zero attached hydrogens (tertiary/aromatic N) is 2. The van der Waals surface area contributed by atoms with Gasteiger partial charge in [-0.15, -0.1) is 0 Å². The lowest BCUT2D eigenvalue weighted by Gasteiger charge is -1.88. The van der Waals surface area contributed by atoms with E-state index in [1.807, 2.05) is 13.0 Å². The molecule has 0 radical (unpaired) electrons. The van der Waals surface area contributed by atoms with Gasteiger partial charge in [-0.2, -0.15) is 4.39 Å². The predicted molar refractivity (Wildman–Crippen MR) is 36.7 cm³/mol. The van der Waals surface area contributed by atoms with E-state index in [9.17, 15) is 4.39 Å². The van der Waals surface area contributed by atoms with Gasteiger partial charge in [0.2, 0.25) is 5.95 Å². The Labute approximate surface area is 58.4 Å². The Morgan fingerprint density at radius 1 is 1.40 bits per heavy atom. The minimum absolute atomic E-state index is 0.548. The van der Waals surface area contributed by atoms with Crippen molar-refractivity contribution < 1.29 is 4.39 Å². The van der Waals surface area contributed by atoms with Crippen LogP contribution < -0.4 is 0 Å². The van der Waals surface area contributed by atoms with Crippen LogP contribution in [0, 0.1) is 5.95 Å². The van der Waals surface area contributed by atoms with Crippen LogP contribution in [0.5, 0.6) is 0 Å². The van der Waals surface area contributed by atoms with Crippen molar-refractivity contribution in [3.8, 4) is 0 Å². The zero-order valence-electron chi connectivity index (χ0n) is 5.58. The van der Waals surface area contributed by atoms with Crippen molar-refractivity contribution in [3.05, 3.63) is 30.1 Å². The van der Waals surface area contributed by atoms with Crippen molar-refractivity contribution in [1.29, 1.82) is 0 Å². The quantitative estimate of drug-likeness (QED) is 0.589. The second-order valence-electron chi connectivity index (χ2n) is 1.76. The first kappa shape index (κ1) is 6.86. The predicted octanol–water partition coefficient (Wildman–Crippen LogP) is 1.65. The number of rotatable bonds is 1. The van der Waals surface area contributed by atoms with Gasteiger partial charge in [0.05, 0.1) is 18.1 Å². The van der Waals surface area contributed by atoms with E-state index in [4.69, 9.17) is 0 Å². The highest BCUT2D eigenvalue weighted by Gasteiger charge is 1.89. The third-order valence-electron chi connectivity index (χ3n) is 0.978. The van der Waals surface area contributed by atoms with Crippen molar-refractivity contribution in [2.24, 2.45) is 0 Å². The van der Waals surface area contributed by atoms with Crippen LogP contribution in [0.15, 0.2) is 18.5 Å². The van der Waals surface area contributed by atoms with Crippen LogP contribution in [0.3, 0.4) is 0 Å². The smallest absolute Gasteiger partial charge is 0.231 e. The Kier molecular flexibility index (Phi) is 2.10. The molecule has 0 unspecified atom stereocenters. The van der Waals surface area contributed by atoms with Crippen molar-refractivity contribution in [2.45, 2.75) is 6.92 Å². The maximum Gasteiger partial charge on any atom is 0.231 e. The lowest BCUT2D eigenvalue weighted by atomic mass is 10.4. The molecule has 3 heteroatoms. The standard InChI is InChI=1S/C7H7FN2/c1-2-3-6-4-10-7(8)5-9-6/h2-5H,1H3/b3-2+. The molecule has 0 fully saturated rings. The molecule has 1 rings (SSSR count). The summed E-state index contributed by atoms with van der Waals surface area (Å²) >= 11 is 0. The third-order valence-corrected chi connectivity index (χ3v) is 0.978. The molecule has 0 amide bonds. The summed E-state index contributed by atoms with van der Waals surface area (Å²) in [5.74, 6) is -0.548. The van der Waals surface area contributed by atoms with Gasteiger partial charge in [0, 0.05) is 0 Å². The molecule has 52 valence electrons. The first-order chi connectivity index (χ1) is 4.83. The molecule has 1 aromatic heterocycles. The van der Waals surface area contributed by atoms with Gasteiger partial charge in [0.25, 0.3) is 0 Å². The topological polar surface area (TPSA) is 25.8 Å². The molecule has 0 spiro atoms. The van der Waals surface area contributed by atoms with Gasteiger partial charge in [-0.3, -0.25) is 4.98 Å². The van der Waals surface area contributed by atoms with Crippen molar-refractivity contribution in [3.63, 3.8) is 0 Å². The number of aromatic nitrogens is 2. The monoisotopic (exact) mass is 138 g/mol. The van der Waals surface area contributed by atoms with E-state index in [0.29, 0.717) is 5.69 Å². The van der Waals surface area contributed by atoms with Crippen LogP contribution in [0.1, 0.15) is 12.6 Å². The average Bonchev–Trinajstić information content (AvgIpc) is 1.95. The van der Waals surface area contributed by atoms with Gasteiger partial charge in [-0.25, -0.2) is 4.98 Å². The summed E-state index contributed by atoms with van der Waals surface area (Å²) in [6.07, 6.45) is 6.05. The molecule has 0 atom stereocenters. The van der Waals surface area contributed by atoms with Crippen LogP contribution in [0.2, 0.25) is 0 Å². The number of allylic oxidation sites excluding steroid dienone is 1. The van der Waals surface area contributed by atoms with E-state index in [1.54, 1.807) is 6.08 Å². The minimum Gasteiger partial charge on any atom is -0.251 e. The number of hydrogen-bond donors (Lipinski definition) is 0. The van der Waals surface area contributed by atoms with Crippen molar-refractivity contribution in [2.75, 3.05) is 0 Å². The highest BCUT2D eigenvalue weighted by Crippen LogP contribution is 1.95. The van der Waals surface area contributed by atoms with Crippen molar-refractivity contribution >= 4 is 6.08 Å². The van der Waals surface area contributed by atoms with Gasteiger partial charge >= 0.3 is 0 Å². The lowest BCUT2D eigenvalue weighted by molar-refractivity contribution is 0.576. The van der Waals surface area contributed by atoms with Crippen LogP contribution in [0.25, 0.3) is 6.08 Å². The molecule has 0 aromatic carbocycles. The molecule has 0 saturated carbocycles. The van der Waals surface area contributed by atoms with E-state index in [2.05, 4.69) is 9.97 Å². The molecule has 0 aliphatic carbocycles. The van der Waals surface area contributed by atoms with Crippen molar-refractivity contribution in [1.82, 2.24) is 9.97 Å². The van der Waals surface area contributed by atoms with Crippen LogP contribution >= 0.6 is 0 Å². The summed E-state index contributed by atoms with van der Waals surface area (Å²) in [7, 11) is 0. The molecule has 0 aliphatic heterocycles. The maximum atomic E-state index is 12.1. The molecule has 2 nitrogen and oxygen atoms in total. The normalized spacial score (nSPS) is 10.6. The van der Waals surface area contributed by atoms with Crippen LogP contribution in [-0.4, -0.2) is 9.97 Å². The van der Waals surface area contributed by atoms with Gasteiger partial charge in [0.1, 0.15) is 0 Å². The highest BCUT2D eigenvalue weighted by molar-refractivity contribution is 5.41. The van der Waals surface area contributed by atoms with Gasteiger partial charge < -0.3 is 0 Å². The van der Waals surface area contributed by atoms with Crippen LogP contribution in [0.4, 0.5) is 4.39 Å². The van der Waals surface area contributed by atoms with Crippen LogP contribution in [-0.2, 0) is 0 Å². The van der Waals surface area contributed by atoms with Gasteiger partial charge in [0.15, 0.2) is 0 Å². The highest BCUT2D eigenvalue weighted by atomic mass is 19.1. The fourth-order valence-electron chi connectivity index (χ4n) is 0.579. The zero-order valence-corrected chi connectivity index (χ0v) is 5.58. The second-order valence-corrected chi connectivity index (χ2v) is 1.76. The Balaban J connectivity index is 2.89. The molecule has 1 aromatic rings. The summed E-state index contributed by atoms with van der Waals surface area (Å²) in [6, 6.07) is 0. The third kappa shape index (κ3) is 1.62. The van der Waals surface area contributed by atoms with Gasteiger partial charge in [-0.1, -0.05) is 6.08 Å². The van der Waals surface area contributed by atoms with Gasteiger partial charge in [-0.05, 0) is 13.0 Å². The Morgan fingerprint density at radius 3 is 2.70 bits per heavy atom. The SMILES string of the molecule is C/C=C/c1cnc(F)cn1. The molecule has 0 N–H and O–H groups in total. The summed E-state index contributed by atoms with van der Waals surface area (Å²) in [6.45, 7) is 1.87. The Morgan fingerprint density at radius 2 is 2.20 bits per heavy atom. The Bertz CT molecular complexity index is 228. The fourth-order valence-corrected chi connectivity index (χ4v) is 0.579. The van der Waals surface area contributed by atoms with E-state index in [0.717, 1.165) is 6.20 Å². The first-order valence-electron chi connectivity index (χ1n) is 2.93. The van der Waals surface area contributed by atoms with E-state index in [-0.39, 0.29) is 0 Å². The molecule has 10 heavy (non-hydrogen) atoms. The molecule has 0 bridgehead atoms. The Hall–Kier alpha value is -1.25. The molecule has 1 heterocycles. The average molecular weight is 138 g/mol. The summed E-state index contributed by atoms with van der Waals surface area (Å²) in [5, 5.41) is 0. The number of hydrogen-bond acceptors (Lipinski definition) is 2. The minimum atomic E-state index is -0.548. The summed E-state index contributed by atoms with van der Waals surface area (Å²) in [4.78, 5) is 7.16. The molecular weight excluding hydrogens is 131 g/mol. The van der Waals surface area contributed by atoms with E-state index in [1.165, 1.54) is 6.20 Å². The summed E-state index contributed by atoms with van der Waals surface area (Å²) in [5.41, 5.74) is 0.670. The zero-order chi connectivity index (χ0) is 7.40. The molecular formula is C7H7FN2. The fraction of sp³-hybridized carbons (Fsp3) is 0.143. The number of halogens is 1. The lowest BCUT2D eigenvalue weighted by Crippen LogP contribution is -1.86. The molecule has 0 aliphatic rings. The maximum absolute atomic E-state index is 12.1. The second kappa shape index (κ2) is 3.06. The largest absolute Gasteiger partial charge is 0.251 e.